The normalized spacial score (nSPS) is 11.0. The third kappa shape index (κ3) is 5.11. The molecule has 4 nitrogen and oxygen atoms in total. The zero-order chi connectivity index (χ0) is 15.1. The molecule has 0 unspecified atom stereocenters. The fourth-order valence-electron chi connectivity index (χ4n) is 1.90. The van der Waals surface area contributed by atoms with Gasteiger partial charge < -0.3 is 14.5 Å². The number of aromatic nitrogens is 1. The molecule has 0 saturated heterocycles. The molecule has 2 rings (SSSR count). The van der Waals surface area contributed by atoms with Gasteiger partial charge in [-0.1, -0.05) is 11.6 Å². The Balaban J connectivity index is 1.86. The van der Waals surface area contributed by atoms with Gasteiger partial charge in [0.05, 0.1) is 12.8 Å². The molecule has 0 bridgehead atoms. The molecule has 1 aromatic heterocycles. The summed E-state index contributed by atoms with van der Waals surface area (Å²) < 4.78 is 11.7. The van der Waals surface area contributed by atoms with Crippen molar-refractivity contribution in [3.8, 4) is 11.3 Å². The molecule has 0 radical (unpaired) electrons. The summed E-state index contributed by atoms with van der Waals surface area (Å²) in [6.07, 6.45) is 3.54. The number of halogens is 2. The Morgan fingerprint density at radius 2 is 2.24 bits per heavy atom. The molecule has 0 aliphatic heterocycles. The Hall–Kier alpha value is -0.880. The van der Waals surface area contributed by atoms with Gasteiger partial charge in [-0.3, -0.25) is 0 Å². The van der Waals surface area contributed by atoms with Gasteiger partial charge in [0.15, 0.2) is 11.7 Å². The maximum Gasteiger partial charge on any atom is 0.194 e. The molecule has 0 aliphatic carbocycles. The zero-order valence-electron chi connectivity index (χ0n) is 11.9. The SMILES string of the molecule is COCCNCCCc1ncc(-c2ccc(Cl)cc2Br)o1. The number of oxazole rings is 1. The number of ether oxygens (including phenoxy) is 1. The molecule has 21 heavy (non-hydrogen) atoms. The summed E-state index contributed by atoms with van der Waals surface area (Å²) >= 11 is 9.43. The van der Waals surface area contributed by atoms with Crippen LogP contribution in [0.3, 0.4) is 0 Å². The molecular weight excluding hydrogens is 356 g/mol. The Labute approximate surface area is 138 Å². The minimum atomic E-state index is 0.687. The van der Waals surface area contributed by atoms with E-state index in [4.69, 9.17) is 20.8 Å². The first-order valence-electron chi connectivity index (χ1n) is 6.80. The van der Waals surface area contributed by atoms with Crippen molar-refractivity contribution in [3.05, 3.63) is 39.8 Å². The van der Waals surface area contributed by atoms with Crippen LogP contribution in [0.4, 0.5) is 0 Å². The quantitative estimate of drug-likeness (QED) is 0.712. The van der Waals surface area contributed by atoms with Gasteiger partial charge >= 0.3 is 0 Å². The van der Waals surface area contributed by atoms with Crippen molar-refractivity contribution in [3.63, 3.8) is 0 Å². The van der Waals surface area contributed by atoms with Crippen LogP contribution in [0.2, 0.25) is 5.02 Å². The Bertz CT molecular complexity index is 575. The predicted molar refractivity (Wildman–Crippen MR) is 87.7 cm³/mol. The van der Waals surface area contributed by atoms with Crippen LogP contribution in [0.25, 0.3) is 11.3 Å². The van der Waals surface area contributed by atoms with E-state index in [9.17, 15) is 0 Å². The fourth-order valence-corrected chi connectivity index (χ4v) is 2.78. The number of aryl methyl sites for hydroxylation is 1. The number of hydrogen-bond donors (Lipinski definition) is 1. The first-order chi connectivity index (χ1) is 10.2. The molecule has 0 aliphatic rings. The second kappa shape index (κ2) is 8.54. The molecule has 1 heterocycles. The summed E-state index contributed by atoms with van der Waals surface area (Å²) in [6, 6.07) is 5.60. The van der Waals surface area contributed by atoms with E-state index in [-0.39, 0.29) is 0 Å². The molecule has 0 saturated carbocycles. The van der Waals surface area contributed by atoms with Crippen LogP contribution in [0.5, 0.6) is 0 Å². The minimum absolute atomic E-state index is 0.687. The lowest BCUT2D eigenvalue weighted by Gasteiger charge is -2.02. The second-order valence-electron chi connectivity index (χ2n) is 4.59. The molecular formula is C15H18BrClN2O2. The number of benzene rings is 1. The second-order valence-corrected chi connectivity index (χ2v) is 5.88. The highest BCUT2D eigenvalue weighted by atomic mass is 79.9. The van der Waals surface area contributed by atoms with Gasteiger partial charge in [0.25, 0.3) is 0 Å². The van der Waals surface area contributed by atoms with Gasteiger partial charge in [0, 0.05) is 35.1 Å². The van der Waals surface area contributed by atoms with Crippen LogP contribution in [0.1, 0.15) is 12.3 Å². The topological polar surface area (TPSA) is 47.3 Å². The lowest BCUT2D eigenvalue weighted by Crippen LogP contribution is -2.20. The van der Waals surface area contributed by atoms with Crippen molar-refractivity contribution < 1.29 is 9.15 Å². The van der Waals surface area contributed by atoms with Crippen molar-refractivity contribution in [1.29, 1.82) is 0 Å². The summed E-state index contributed by atoms with van der Waals surface area (Å²) in [7, 11) is 1.70. The van der Waals surface area contributed by atoms with E-state index in [0.29, 0.717) is 5.02 Å². The standard InChI is InChI=1S/C15H18BrClN2O2/c1-20-8-7-18-6-2-3-15-19-10-14(21-15)12-5-4-11(17)9-13(12)16/h4-5,9-10,18H,2-3,6-8H2,1H3. The van der Waals surface area contributed by atoms with E-state index in [0.717, 1.165) is 54.2 Å². The number of methoxy groups -OCH3 is 1. The van der Waals surface area contributed by atoms with Crippen molar-refractivity contribution >= 4 is 27.5 Å². The van der Waals surface area contributed by atoms with Gasteiger partial charge in [-0.05, 0) is 47.1 Å². The number of hydrogen-bond acceptors (Lipinski definition) is 4. The lowest BCUT2D eigenvalue weighted by molar-refractivity contribution is 0.199. The van der Waals surface area contributed by atoms with Gasteiger partial charge in [-0.2, -0.15) is 0 Å². The molecule has 0 fully saturated rings. The molecule has 2 aromatic rings. The molecule has 1 N–H and O–H groups in total. The predicted octanol–water partition coefficient (Wildman–Crippen LogP) is 3.93. The molecule has 0 spiro atoms. The van der Waals surface area contributed by atoms with E-state index in [2.05, 4.69) is 26.2 Å². The first-order valence-corrected chi connectivity index (χ1v) is 7.97. The van der Waals surface area contributed by atoms with Crippen LogP contribution in [-0.4, -0.2) is 31.8 Å². The van der Waals surface area contributed by atoms with E-state index < -0.39 is 0 Å². The third-order valence-corrected chi connectivity index (χ3v) is 3.87. The highest BCUT2D eigenvalue weighted by molar-refractivity contribution is 9.10. The van der Waals surface area contributed by atoms with Crippen LogP contribution in [0.15, 0.2) is 33.3 Å². The summed E-state index contributed by atoms with van der Waals surface area (Å²) in [5, 5.41) is 3.98. The van der Waals surface area contributed by atoms with Crippen LogP contribution in [0, 0.1) is 0 Å². The highest BCUT2D eigenvalue weighted by Gasteiger charge is 2.09. The van der Waals surface area contributed by atoms with Crippen molar-refractivity contribution in [2.24, 2.45) is 0 Å². The Morgan fingerprint density at radius 3 is 3.00 bits per heavy atom. The fraction of sp³-hybridized carbons (Fsp3) is 0.400. The van der Waals surface area contributed by atoms with Gasteiger partial charge in [-0.15, -0.1) is 0 Å². The smallest absolute Gasteiger partial charge is 0.194 e. The minimum Gasteiger partial charge on any atom is -0.441 e. The number of nitrogens with zero attached hydrogens (tertiary/aromatic N) is 1. The highest BCUT2D eigenvalue weighted by Crippen LogP contribution is 2.31. The van der Waals surface area contributed by atoms with E-state index >= 15 is 0 Å². The first kappa shape index (κ1) is 16.5. The lowest BCUT2D eigenvalue weighted by atomic mass is 10.2. The molecule has 0 atom stereocenters. The summed E-state index contributed by atoms with van der Waals surface area (Å²) in [5.41, 5.74) is 0.955. The Morgan fingerprint density at radius 1 is 1.38 bits per heavy atom. The largest absolute Gasteiger partial charge is 0.441 e. The van der Waals surface area contributed by atoms with Gasteiger partial charge in [0.2, 0.25) is 0 Å². The maximum atomic E-state index is 5.94. The van der Waals surface area contributed by atoms with Gasteiger partial charge in [-0.25, -0.2) is 4.98 Å². The average Bonchev–Trinajstić information content (AvgIpc) is 2.91. The molecule has 1 aromatic carbocycles. The van der Waals surface area contributed by atoms with E-state index in [1.807, 2.05) is 18.2 Å². The monoisotopic (exact) mass is 372 g/mol. The summed E-state index contributed by atoms with van der Waals surface area (Å²) in [4.78, 5) is 4.32. The molecule has 6 heteroatoms. The average molecular weight is 374 g/mol. The van der Waals surface area contributed by atoms with Crippen molar-refractivity contribution in [2.75, 3.05) is 26.8 Å². The molecule has 0 amide bonds. The zero-order valence-corrected chi connectivity index (χ0v) is 14.2. The molecule has 114 valence electrons. The summed E-state index contributed by atoms with van der Waals surface area (Å²) in [6.45, 7) is 2.52. The number of nitrogens with one attached hydrogen (secondary N) is 1. The van der Waals surface area contributed by atoms with Crippen LogP contribution >= 0.6 is 27.5 Å². The van der Waals surface area contributed by atoms with Crippen molar-refractivity contribution in [2.45, 2.75) is 12.8 Å². The maximum absolute atomic E-state index is 5.94. The summed E-state index contributed by atoms with van der Waals surface area (Å²) in [5.74, 6) is 1.50. The number of rotatable bonds is 8. The van der Waals surface area contributed by atoms with E-state index in [1.165, 1.54) is 0 Å². The Kier molecular flexibility index (Phi) is 6.70. The van der Waals surface area contributed by atoms with Gasteiger partial charge in [0.1, 0.15) is 0 Å². The van der Waals surface area contributed by atoms with E-state index in [1.54, 1.807) is 13.3 Å². The van der Waals surface area contributed by atoms with Crippen LogP contribution in [-0.2, 0) is 11.2 Å². The third-order valence-electron chi connectivity index (χ3n) is 2.98. The van der Waals surface area contributed by atoms with Crippen LogP contribution < -0.4 is 5.32 Å². The van der Waals surface area contributed by atoms with Crippen molar-refractivity contribution in [1.82, 2.24) is 10.3 Å².